The lowest BCUT2D eigenvalue weighted by atomic mass is 10.2. The number of aryl methyl sites for hydroxylation is 1. The van der Waals surface area contributed by atoms with Gasteiger partial charge in [0.25, 0.3) is 0 Å². The first-order valence-corrected chi connectivity index (χ1v) is 9.43. The number of methoxy groups -OCH3 is 1. The molecule has 2 aromatic carbocycles. The van der Waals surface area contributed by atoms with Crippen molar-refractivity contribution >= 4 is 12.0 Å². The molecule has 3 rings (SSSR count). The van der Waals surface area contributed by atoms with Gasteiger partial charge in [-0.1, -0.05) is 24.3 Å². The molecule has 0 aliphatic carbocycles. The highest BCUT2D eigenvalue weighted by Gasteiger charge is 2.10. The quantitative estimate of drug-likeness (QED) is 0.470. The Morgan fingerprint density at radius 1 is 1.10 bits per heavy atom. The largest absolute Gasteiger partial charge is 0.497 e. The monoisotopic (exact) mass is 391 g/mol. The van der Waals surface area contributed by atoms with E-state index >= 15 is 0 Å². The number of amides is 1. The highest BCUT2D eigenvalue weighted by atomic mass is 16.5. The van der Waals surface area contributed by atoms with E-state index < -0.39 is 0 Å². The maximum atomic E-state index is 12.1. The van der Waals surface area contributed by atoms with E-state index in [1.807, 2.05) is 67.1 Å². The summed E-state index contributed by atoms with van der Waals surface area (Å²) in [5, 5.41) is 7.40. The minimum atomic E-state index is -0.175. The van der Waals surface area contributed by atoms with Crippen LogP contribution in [0.3, 0.4) is 0 Å². The summed E-state index contributed by atoms with van der Waals surface area (Å²) in [6, 6.07) is 17.3. The first kappa shape index (κ1) is 20.2. The van der Waals surface area contributed by atoms with Gasteiger partial charge in [0.05, 0.1) is 25.0 Å². The van der Waals surface area contributed by atoms with Gasteiger partial charge >= 0.3 is 0 Å². The van der Waals surface area contributed by atoms with Crippen molar-refractivity contribution in [2.75, 3.05) is 20.3 Å². The Balaban J connectivity index is 1.53. The summed E-state index contributed by atoms with van der Waals surface area (Å²) in [5.74, 6) is 1.26. The van der Waals surface area contributed by atoms with Crippen LogP contribution in [-0.2, 0) is 4.79 Å². The van der Waals surface area contributed by atoms with Gasteiger partial charge in [-0.2, -0.15) is 5.10 Å². The molecule has 0 radical (unpaired) electrons. The van der Waals surface area contributed by atoms with Crippen molar-refractivity contribution in [1.82, 2.24) is 15.1 Å². The predicted octanol–water partition coefficient (Wildman–Crippen LogP) is 3.71. The topological polar surface area (TPSA) is 65.4 Å². The van der Waals surface area contributed by atoms with Crippen LogP contribution in [-0.4, -0.2) is 35.9 Å². The number of carbonyl (C=O) groups excluding carboxylic acids is 1. The van der Waals surface area contributed by atoms with Gasteiger partial charge in [-0.15, -0.1) is 0 Å². The van der Waals surface area contributed by atoms with Gasteiger partial charge in [0.15, 0.2) is 0 Å². The first-order chi connectivity index (χ1) is 14.1. The molecule has 1 amide bonds. The van der Waals surface area contributed by atoms with Crippen molar-refractivity contribution in [3.8, 4) is 17.2 Å². The molecule has 6 nitrogen and oxygen atoms in total. The molecule has 0 bridgehead atoms. The Morgan fingerprint density at radius 2 is 1.86 bits per heavy atom. The number of nitrogens with one attached hydrogen (secondary N) is 1. The summed E-state index contributed by atoms with van der Waals surface area (Å²) in [5.41, 5.74) is 3.79. The second-order valence-electron chi connectivity index (χ2n) is 6.48. The van der Waals surface area contributed by atoms with Gasteiger partial charge in [0, 0.05) is 23.4 Å². The molecule has 1 aromatic heterocycles. The fraction of sp³-hybridized carbons (Fsp3) is 0.217. The van der Waals surface area contributed by atoms with Crippen LogP contribution in [0.25, 0.3) is 11.8 Å². The maximum Gasteiger partial charge on any atom is 0.244 e. The number of aromatic nitrogens is 2. The van der Waals surface area contributed by atoms with Gasteiger partial charge in [0.1, 0.15) is 18.1 Å². The van der Waals surface area contributed by atoms with E-state index in [9.17, 15) is 4.79 Å². The molecule has 6 heteroatoms. The number of para-hydroxylation sites is 1. The molecule has 0 unspecified atom stereocenters. The van der Waals surface area contributed by atoms with E-state index in [-0.39, 0.29) is 5.91 Å². The molecule has 0 aliphatic rings. The van der Waals surface area contributed by atoms with Gasteiger partial charge in [-0.25, -0.2) is 4.68 Å². The van der Waals surface area contributed by atoms with Crippen LogP contribution in [0.2, 0.25) is 0 Å². The van der Waals surface area contributed by atoms with E-state index in [1.54, 1.807) is 19.3 Å². The second kappa shape index (κ2) is 9.59. The number of nitrogens with zero attached hydrogens (tertiary/aromatic N) is 2. The van der Waals surface area contributed by atoms with Gasteiger partial charge in [-0.3, -0.25) is 4.79 Å². The minimum Gasteiger partial charge on any atom is -0.497 e. The van der Waals surface area contributed by atoms with Crippen molar-refractivity contribution < 1.29 is 14.3 Å². The fourth-order valence-electron chi connectivity index (χ4n) is 2.97. The zero-order chi connectivity index (χ0) is 20.6. The fourth-order valence-corrected chi connectivity index (χ4v) is 2.97. The third-order valence-electron chi connectivity index (χ3n) is 4.46. The number of rotatable bonds is 8. The van der Waals surface area contributed by atoms with Crippen molar-refractivity contribution in [2.45, 2.75) is 13.8 Å². The average Bonchev–Trinajstić information content (AvgIpc) is 3.04. The molecule has 1 heterocycles. The summed E-state index contributed by atoms with van der Waals surface area (Å²) in [7, 11) is 1.61. The van der Waals surface area contributed by atoms with Gasteiger partial charge < -0.3 is 14.8 Å². The number of carbonyl (C=O) groups is 1. The molecular formula is C23H25N3O3. The average molecular weight is 391 g/mol. The SMILES string of the molecule is COc1cccc(OCCNC(=O)/C=C/c2c(C)nn(-c3ccccc3)c2C)c1. The van der Waals surface area contributed by atoms with E-state index in [2.05, 4.69) is 10.4 Å². The molecule has 3 aromatic rings. The molecule has 0 saturated heterocycles. The highest BCUT2D eigenvalue weighted by molar-refractivity contribution is 5.92. The molecule has 0 fully saturated rings. The van der Waals surface area contributed by atoms with Crippen LogP contribution in [0.1, 0.15) is 17.0 Å². The maximum absolute atomic E-state index is 12.1. The third-order valence-corrected chi connectivity index (χ3v) is 4.46. The highest BCUT2D eigenvalue weighted by Crippen LogP contribution is 2.19. The molecule has 1 N–H and O–H groups in total. The van der Waals surface area contributed by atoms with Crippen LogP contribution in [0.15, 0.2) is 60.7 Å². The number of ether oxygens (including phenoxy) is 2. The normalized spacial score (nSPS) is 10.9. The number of hydrogen-bond donors (Lipinski definition) is 1. The third kappa shape index (κ3) is 5.25. The molecule has 0 saturated carbocycles. The van der Waals surface area contributed by atoms with E-state index in [4.69, 9.17) is 9.47 Å². The number of hydrogen-bond acceptors (Lipinski definition) is 4. The van der Waals surface area contributed by atoms with Gasteiger partial charge in [-0.05, 0) is 44.2 Å². The standard InChI is InChI=1S/C23H25N3O3/c1-17-22(18(2)26(25-17)19-8-5-4-6-9-19)12-13-23(27)24-14-15-29-21-11-7-10-20(16-21)28-3/h4-13,16H,14-15H2,1-3H3,(H,24,27)/b13-12+. The van der Waals surface area contributed by atoms with Crippen LogP contribution in [0, 0.1) is 13.8 Å². The summed E-state index contributed by atoms with van der Waals surface area (Å²) in [6.07, 6.45) is 3.33. The first-order valence-electron chi connectivity index (χ1n) is 9.43. The summed E-state index contributed by atoms with van der Waals surface area (Å²) in [4.78, 5) is 12.1. The molecule has 0 spiro atoms. The van der Waals surface area contributed by atoms with Crippen LogP contribution < -0.4 is 14.8 Å². The Bertz CT molecular complexity index is 994. The van der Waals surface area contributed by atoms with Crippen LogP contribution >= 0.6 is 0 Å². The Kier molecular flexibility index (Phi) is 6.68. The zero-order valence-electron chi connectivity index (χ0n) is 16.9. The van der Waals surface area contributed by atoms with Crippen molar-refractivity contribution in [2.24, 2.45) is 0 Å². The lowest BCUT2D eigenvalue weighted by Gasteiger charge is -2.08. The van der Waals surface area contributed by atoms with E-state index in [0.717, 1.165) is 28.4 Å². The summed E-state index contributed by atoms with van der Waals surface area (Å²) >= 11 is 0. The Morgan fingerprint density at radius 3 is 2.62 bits per heavy atom. The van der Waals surface area contributed by atoms with Crippen molar-refractivity contribution in [3.05, 3.63) is 77.6 Å². The lowest BCUT2D eigenvalue weighted by Crippen LogP contribution is -2.26. The van der Waals surface area contributed by atoms with Crippen LogP contribution in [0.5, 0.6) is 11.5 Å². The second-order valence-corrected chi connectivity index (χ2v) is 6.48. The van der Waals surface area contributed by atoms with Crippen LogP contribution in [0.4, 0.5) is 0 Å². The minimum absolute atomic E-state index is 0.175. The van der Waals surface area contributed by atoms with E-state index in [1.165, 1.54) is 6.08 Å². The Hall–Kier alpha value is -3.54. The smallest absolute Gasteiger partial charge is 0.244 e. The summed E-state index contributed by atoms with van der Waals surface area (Å²) in [6.45, 7) is 4.71. The molecular weight excluding hydrogens is 366 g/mol. The Labute approximate surface area is 170 Å². The molecule has 150 valence electrons. The number of benzene rings is 2. The summed E-state index contributed by atoms with van der Waals surface area (Å²) < 4.78 is 12.7. The molecule has 29 heavy (non-hydrogen) atoms. The zero-order valence-corrected chi connectivity index (χ0v) is 16.9. The lowest BCUT2D eigenvalue weighted by molar-refractivity contribution is -0.116. The molecule has 0 aliphatic heterocycles. The predicted molar refractivity (Wildman–Crippen MR) is 114 cm³/mol. The van der Waals surface area contributed by atoms with Gasteiger partial charge in [0.2, 0.25) is 5.91 Å². The molecule has 0 atom stereocenters. The van der Waals surface area contributed by atoms with E-state index in [0.29, 0.717) is 18.9 Å². The van der Waals surface area contributed by atoms with Crippen molar-refractivity contribution in [1.29, 1.82) is 0 Å². The van der Waals surface area contributed by atoms with Crippen molar-refractivity contribution in [3.63, 3.8) is 0 Å².